The molecule has 0 fully saturated rings. The lowest BCUT2D eigenvalue weighted by Crippen LogP contribution is -2.14. The van der Waals surface area contributed by atoms with Crippen molar-refractivity contribution in [1.82, 2.24) is 9.55 Å². The molecule has 0 atom stereocenters. The summed E-state index contributed by atoms with van der Waals surface area (Å²) in [4.78, 5) is 14.8. The number of nitrogens with zero attached hydrogens (tertiary/aromatic N) is 2. The summed E-state index contributed by atoms with van der Waals surface area (Å²) in [6.45, 7) is 2.44. The summed E-state index contributed by atoms with van der Waals surface area (Å²) in [7, 11) is -3.88. The second-order valence-corrected chi connectivity index (χ2v) is 6.18. The number of nitrogens with one attached hydrogen (secondary N) is 1. The third kappa shape index (κ3) is 3.34. The Balaban J connectivity index is 2.32. The minimum Gasteiger partial charge on any atom is -0.478 e. The number of rotatable bonds is 5. The van der Waals surface area contributed by atoms with E-state index in [9.17, 15) is 13.2 Å². The fraction of sp³-hybridized carbons (Fsp3) is 0.167. The summed E-state index contributed by atoms with van der Waals surface area (Å²) in [5, 5.41) is 8.85. The molecule has 9 heteroatoms. The van der Waals surface area contributed by atoms with Crippen LogP contribution in [0.4, 0.5) is 5.69 Å². The summed E-state index contributed by atoms with van der Waals surface area (Å²) >= 11 is 5.73. The Labute approximate surface area is 126 Å². The first-order chi connectivity index (χ1) is 9.83. The summed E-state index contributed by atoms with van der Waals surface area (Å²) in [5.41, 5.74) is -0.0844. The van der Waals surface area contributed by atoms with E-state index >= 15 is 0 Å². The van der Waals surface area contributed by atoms with Crippen LogP contribution in [0.1, 0.15) is 17.3 Å². The standard InChI is InChI=1S/C12H12ClN3O4S/c1-2-16-6-11(14-7-16)21(19,20)15-8-3-4-10(13)9(5-8)12(17)18/h3-7,15H,2H2,1H3,(H,17,18). The molecule has 1 heterocycles. The van der Waals surface area contributed by atoms with Crippen molar-refractivity contribution in [3.05, 3.63) is 41.3 Å². The molecule has 2 rings (SSSR count). The summed E-state index contributed by atoms with van der Waals surface area (Å²) < 4.78 is 28.1. The van der Waals surface area contributed by atoms with Crippen LogP contribution >= 0.6 is 11.6 Å². The SMILES string of the molecule is CCn1cnc(S(=O)(=O)Nc2ccc(Cl)c(C(=O)O)c2)c1. The number of halogens is 1. The number of aromatic nitrogens is 2. The van der Waals surface area contributed by atoms with Crippen LogP contribution < -0.4 is 4.72 Å². The summed E-state index contributed by atoms with van der Waals surface area (Å²) in [6, 6.07) is 3.84. The fourth-order valence-electron chi connectivity index (χ4n) is 1.61. The molecule has 0 saturated heterocycles. The van der Waals surface area contributed by atoms with Gasteiger partial charge >= 0.3 is 5.97 Å². The van der Waals surface area contributed by atoms with Crippen molar-refractivity contribution in [2.45, 2.75) is 18.5 Å². The number of hydrogen-bond donors (Lipinski definition) is 2. The van der Waals surface area contributed by atoms with Crippen molar-refractivity contribution < 1.29 is 18.3 Å². The minimum absolute atomic E-state index is 0.0284. The second kappa shape index (κ2) is 5.74. The Morgan fingerprint density at radius 1 is 1.48 bits per heavy atom. The molecule has 0 saturated carbocycles. The third-order valence-corrected chi connectivity index (χ3v) is 4.29. The van der Waals surface area contributed by atoms with Gasteiger partial charge in [-0.05, 0) is 25.1 Å². The summed E-state index contributed by atoms with van der Waals surface area (Å²) in [6.07, 6.45) is 2.79. The van der Waals surface area contributed by atoms with Gasteiger partial charge in [-0.1, -0.05) is 11.6 Å². The Kier molecular flexibility index (Phi) is 4.19. The lowest BCUT2D eigenvalue weighted by atomic mass is 10.2. The maximum absolute atomic E-state index is 12.1. The molecule has 2 N–H and O–H groups in total. The van der Waals surface area contributed by atoms with Crippen molar-refractivity contribution in [1.29, 1.82) is 0 Å². The largest absolute Gasteiger partial charge is 0.478 e. The van der Waals surface area contributed by atoms with Crippen molar-refractivity contribution in [3.8, 4) is 0 Å². The van der Waals surface area contributed by atoms with Crippen LogP contribution in [0.15, 0.2) is 35.7 Å². The molecule has 0 radical (unpaired) electrons. The highest BCUT2D eigenvalue weighted by atomic mass is 35.5. The first kappa shape index (κ1) is 15.3. The molecule has 112 valence electrons. The number of hydrogen-bond acceptors (Lipinski definition) is 4. The highest BCUT2D eigenvalue weighted by Crippen LogP contribution is 2.22. The van der Waals surface area contributed by atoms with Gasteiger partial charge in [0.1, 0.15) is 0 Å². The molecular formula is C12H12ClN3O4S. The van der Waals surface area contributed by atoms with Gasteiger partial charge in [-0.2, -0.15) is 8.42 Å². The average Bonchev–Trinajstić information content (AvgIpc) is 2.90. The van der Waals surface area contributed by atoms with E-state index in [1.54, 1.807) is 4.57 Å². The number of imidazole rings is 1. The number of carboxylic acid groups (broad SMARTS) is 1. The molecule has 7 nitrogen and oxygen atoms in total. The van der Waals surface area contributed by atoms with Gasteiger partial charge in [-0.3, -0.25) is 4.72 Å². The number of carbonyl (C=O) groups is 1. The Hall–Kier alpha value is -2.06. The van der Waals surface area contributed by atoms with E-state index in [-0.39, 0.29) is 21.3 Å². The van der Waals surface area contributed by atoms with Gasteiger partial charge in [0.2, 0.25) is 0 Å². The molecule has 0 amide bonds. The first-order valence-electron chi connectivity index (χ1n) is 5.91. The van der Waals surface area contributed by atoms with Crippen molar-refractivity contribution >= 4 is 33.3 Å². The number of aromatic carboxylic acids is 1. The predicted molar refractivity (Wildman–Crippen MR) is 77.1 cm³/mol. The van der Waals surface area contributed by atoms with E-state index in [0.29, 0.717) is 6.54 Å². The third-order valence-electron chi connectivity index (χ3n) is 2.70. The molecule has 0 aliphatic rings. The lowest BCUT2D eigenvalue weighted by molar-refractivity contribution is 0.0697. The Morgan fingerprint density at radius 2 is 2.19 bits per heavy atom. The summed E-state index contributed by atoms with van der Waals surface area (Å²) in [5.74, 6) is -1.24. The monoisotopic (exact) mass is 329 g/mol. The van der Waals surface area contributed by atoms with Crippen LogP contribution in [0.5, 0.6) is 0 Å². The minimum atomic E-state index is -3.88. The highest BCUT2D eigenvalue weighted by molar-refractivity contribution is 7.92. The first-order valence-corrected chi connectivity index (χ1v) is 7.77. The molecule has 0 bridgehead atoms. The van der Waals surface area contributed by atoms with E-state index in [0.717, 1.165) is 6.07 Å². The van der Waals surface area contributed by atoms with Crippen LogP contribution in [0, 0.1) is 0 Å². The fourth-order valence-corrected chi connectivity index (χ4v) is 2.81. The van der Waals surface area contributed by atoms with E-state index < -0.39 is 16.0 Å². The van der Waals surface area contributed by atoms with Gasteiger partial charge in [0, 0.05) is 18.4 Å². The Bertz CT molecular complexity index is 786. The molecule has 0 unspecified atom stereocenters. The predicted octanol–water partition coefficient (Wildman–Crippen LogP) is 2.06. The molecule has 1 aromatic heterocycles. The zero-order valence-corrected chi connectivity index (χ0v) is 12.5. The molecule has 0 aliphatic carbocycles. The number of aryl methyl sites for hydroxylation is 1. The zero-order chi connectivity index (χ0) is 15.6. The molecule has 0 spiro atoms. The molecule has 21 heavy (non-hydrogen) atoms. The normalized spacial score (nSPS) is 11.3. The van der Waals surface area contributed by atoms with Crippen molar-refractivity contribution in [3.63, 3.8) is 0 Å². The van der Waals surface area contributed by atoms with Gasteiger partial charge in [0.25, 0.3) is 10.0 Å². The Morgan fingerprint density at radius 3 is 2.76 bits per heavy atom. The number of sulfonamides is 1. The van der Waals surface area contributed by atoms with E-state index in [2.05, 4.69) is 9.71 Å². The maximum atomic E-state index is 12.1. The van der Waals surface area contributed by atoms with E-state index in [4.69, 9.17) is 16.7 Å². The van der Waals surface area contributed by atoms with Crippen LogP contribution in [-0.4, -0.2) is 29.0 Å². The average molecular weight is 330 g/mol. The second-order valence-electron chi connectivity index (χ2n) is 4.15. The number of anilines is 1. The van der Waals surface area contributed by atoms with Crippen LogP contribution in [-0.2, 0) is 16.6 Å². The zero-order valence-electron chi connectivity index (χ0n) is 10.9. The van der Waals surface area contributed by atoms with Gasteiger partial charge < -0.3 is 9.67 Å². The topological polar surface area (TPSA) is 101 Å². The van der Waals surface area contributed by atoms with E-state index in [1.807, 2.05) is 6.92 Å². The van der Waals surface area contributed by atoms with Gasteiger partial charge in [-0.15, -0.1) is 0 Å². The molecule has 0 aliphatic heterocycles. The number of benzene rings is 1. The smallest absolute Gasteiger partial charge is 0.337 e. The molecule has 2 aromatic rings. The van der Waals surface area contributed by atoms with Gasteiger partial charge in [0.05, 0.1) is 16.9 Å². The van der Waals surface area contributed by atoms with Gasteiger partial charge in [-0.25, -0.2) is 9.78 Å². The quantitative estimate of drug-likeness (QED) is 0.874. The van der Waals surface area contributed by atoms with Crippen LogP contribution in [0.3, 0.4) is 0 Å². The number of carboxylic acids is 1. The molecule has 1 aromatic carbocycles. The van der Waals surface area contributed by atoms with Crippen molar-refractivity contribution in [2.75, 3.05) is 4.72 Å². The highest BCUT2D eigenvalue weighted by Gasteiger charge is 2.18. The molecular weight excluding hydrogens is 318 g/mol. The van der Waals surface area contributed by atoms with Crippen LogP contribution in [0.2, 0.25) is 5.02 Å². The van der Waals surface area contributed by atoms with Crippen LogP contribution in [0.25, 0.3) is 0 Å². The maximum Gasteiger partial charge on any atom is 0.337 e. The lowest BCUT2D eigenvalue weighted by Gasteiger charge is -2.07. The van der Waals surface area contributed by atoms with E-state index in [1.165, 1.54) is 24.7 Å². The van der Waals surface area contributed by atoms with Gasteiger partial charge in [0.15, 0.2) is 5.03 Å². The van der Waals surface area contributed by atoms with Crippen molar-refractivity contribution in [2.24, 2.45) is 0 Å².